The van der Waals surface area contributed by atoms with Gasteiger partial charge in [0.15, 0.2) is 0 Å². The highest BCUT2D eigenvalue weighted by atomic mass is 32.2. The summed E-state index contributed by atoms with van der Waals surface area (Å²) >= 11 is 0. The molecule has 1 amide bonds. The van der Waals surface area contributed by atoms with E-state index in [9.17, 15) is 26.4 Å². The van der Waals surface area contributed by atoms with Gasteiger partial charge in [0.05, 0.1) is 0 Å². The lowest BCUT2D eigenvalue weighted by atomic mass is 10.2. The minimum Gasteiger partial charge on any atom is -0.442 e. The summed E-state index contributed by atoms with van der Waals surface area (Å²) in [5, 5.41) is 0. The minimum absolute atomic E-state index is 0.974. The number of alkyl halides is 3. The van der Waals surface area contributed by atoms with Gasteiger partial charge in [0.25, 0.3) is 0 Å². The second-order valence-electron chi connectivity index (χ2n) is 3.73. The number of sulfonamides is 1. The molecular formula is C6H11F3N2O4S. The number of carbonyl (C=O) groups excluding carboxylic acids is 1. The van der Waals surface area contributed by atoms with Crippen LogP contribution in [0.1, 0.15) is 20.8 Å². The molecule has 0 saturated heterocycles. The maximum Gasteiger partial charge on any atom is 0.518 e. The van der Waals surface area contributed by atoms with Gasteiger partial charge in [0.2, 0.25) is 0 Å². The van der Waals surface area contributed by atoms with Crippen LogP contribution in [0.25, 0.3) is 0 Å². The van der Waals surface area contributed by atoms with Crippen molar-refractivity contribution in [3.8, 4) is 0 Å². The van der Waals surface area contributed by atoms with Crippen molar-refractivity contribution in [1.82, 2.24) is 4.41 Å². The van der Waals surface area contributed by atoms with Crippen LogP contribution in [0.4, 0.5) is 18.0 Å². The first-order chi connectivity index (χ1) is 6.79. The number of nitrogens with two attached hydrogens (primary N) is 1. The molecule has 0 bridgehead atoms. The zero-order chi connectivity index (χ0) is 13.4. The molecule has 0 heterocycles. The fraction of sp³-hybridized carbons (Fsp3) is 0.833. The summed E-state index contributed by atoms with van der Waals surface area (Å²) in [4.78, 5) is 11.0. The van der Waals surface area contributed by atoms with E-state index in [-0.39, 0.29) is 0 Å². The normalized spacial score (nSPS) is 13.4. The van der Waals surface area contributed by atoms with Crippen molar-refractivity contribution in [3.05, 3.63) is 0 Å². The van der Waals surface area contributed by atoms with Gasteiger partial charge in [-0.15, -0.1) is 4.41 Å². The van der Waals surface area contributed by atoms with Crippen LogP contribution in [0.2, 0.25) is 0 Å². The Bertz CT molecular complexity index is 370. The van der Waals surface area contributed by atoms with Crippen molar-refractivity contribution < 1.29 is 31.1 Å². The number of hydrogen-bond donors (Lipinski definition) is 1. The molecule has 0 radical (unpaired) electrons. The van der Waals surface area contributed by atoms with Gasteiger partial charge in [-0.2, -0.15) is 21.6 Å². The molecule has 0 aromatic heterocycles. The van der Waals surface area contributed by atoms with Crippen LogP contribution < -0.4 is 5.84 Å². The van der Waals surface area contributed by atoms with E-state index in [1.165, 1.54) is 20.8 Å². The Morgan fingerprint density at radius 2 is 1.62 bits per heavy atom. The smallest absolute Gasteiger partial charge is 0.442 e. The van der Waals surface area contributed by atoms with Crippen LogP contribution in [0.5, 0.6) is 0 Å². The average molecular weight is 264 g/mol. The summed E-state index contributed by atoms with van der Waals surface area (Å²) in [7, 11) is -5.91. The van der Waals surface area contributed by atoms with Gasteiger partial charge >= 0.3 is 21.6 Å². The largest absolute Gasteiger partial charge is 0.518 e. The second-order valence-corrected chi connectivity index (χ2v) is 5.53. The number of carbonyl (C=O) groups is 1. The Morgan fingerprint density at radius 1 is 1.25 bits per heavy atom. The highest BCUT2D eigenvalue weighted by Crippen LogP contribution is 2.25. The highest BCUT2D eigenvalue weighted by Gasteiger charge is 2.52. The second kappa shape index (κ2) is 4.09. The van der Waals surface area contributed by atoms with Gasteiger partial charge in [-0.3, -0.25) is 0 Å². The molecule has 96 valence electrons. The first kappa shape index (κ1) is 15.0. The molecule has 0 unspecified atom stereocenters. The summed E-state index contributed by atoms with van der Waals surface area (Å²) in [6.45, 7) is 4.04. The number of ether oxygens (including phenoxy) is 1. The lowest BCUT2D eigenvalue weighted by Crippen LogP contribution is -2.50. The molecule has 0 aromatic carbocycles. The van der Waals surface area contributed by atoms with Crippen LogP contribution in [0.3, 0.4) is 0 Å². The van der Waals surface area contributed by atoms with Crippen LogP contribution in [0.15, 0.2) is 0 Å². The SMILES string of the molecule is CC(C)(C)OC(=O)N(N)S(=O)(=O)C(F)(F)F. The molecule has 0 aliphatic carbocycles. The molecule has 0 aliphatic heterocycles. The molecule has 2 N–H and O–H groups in total. The number of rotatable bonds is 1. The molecule has 0 fully saturated rings. The van der Waals surface area contributed by atoms with Gasteiger partial charge in [-0.25, -0.2) is 10.6 Å². The molecule has 0 rings (SSSR count). The molecular weight excluding hydrogens is 253 g/mol. The molecule has 0 spiro atoms. The molecule has 10 heteroatoms. The quantitative estimate of drug-likeness (QED) is 0.432. The van der Waals surface area contributed by atoms with E-state index in [2.05, 4.69) is 10.6 Å². The van der Waals surface area contributed by atoms with Crippen molar-refractivity contribution in [1.29, 1.82) is 0 Å². The van der Waals surface area contributed by atoms with Crippen molar-refractivity contribution in [2.75, 3.05) is 0 Å². The Kier molecular flexibility index (Phi) is 3.83. The molecule has 0 saturated carbocycles. The van der Waals surface area contributed by atoms with Crippen LogP contribution in [-0.2, 0) is 14.8 Å². The van der Waals surface area contributed by atoms with Crippen LogP contribution in [-0.4, -0.2) is 30.0 Å². The van der Waals surface area contributed by atoms with Gasteiger partial charge in [-0.05, 0) is 20.8 Å². The van der Waals surface area contributed by atoms with E-state index in [1.807, 2.05) is 0 Å². The first-order valence-corrected chi connectivity index (χ1v) is 5.32. The number of hydrogen-bond acceptors (Lipinski definition) is 5. The van der Waals surface area contributed by atoms with E-state index >= 15 is 0 Å². The third-order valence-corrected chi connectivity index (χ3v) is 2.38. The topological polar surface area (TPSA) is 89.7 Å². The molecule has 0 atom stereocenters. The summed E-state index contributed by atoms with van der Waals surface area (Å²) in [6, 6.07) is 0. The summed E-state index contributed by atoms with van der Waals surface area (Å²) in [5.74, 6) is 4.54. The Balaban J connectivity index is 4.97. The minimum atomic E-state index is -5.91. The van der Waals surface area contributed by atoms with Crippen molar-refractivity contribution in [3.63, 3.8) is 0 Å². The number of halogens is 3. The third-order valence-electron chi connectivity index (χ3n) is 1.12. The van der Waals surface area contributed by atoms with Crippen LogP contribution in [0, 0.1) is 0 Å². The first-order valence-electron chi connectivity index (χ1n) is 3.88. The summed E-state index contributed by atoms with van der Waals surface area (Å²) in [6.07, 6.45) is -1.80. The van der Waals surface area contributed by atoms with Gasteiger partial charge in [0.1, 0.15) is 5.60 Å². The van der Waals surface area contributed by atoms with Crippen LogP contribution >= 0.6 is 0 Å². The molecule has 0 aliphatic rings. The Morgan fingerprint density at radius 3 is 1.88 bits per heavy atom. The predicted molar refractivity (Wildman–Crippen MR) is 47.2 cm³/mol. The highest BCUT2D eigenvalue weighted by molar-refractivity contribution is 7.90. The Labute approximate surface area is 90.2 Å². The number of hydrazine groups is 1. The third kappa shape index (κ3) is 3.52. The Hall–Kier alpha value is -1.03. The van der Waals surface area contributed by atoms with Crippen molar-refractivity contribution in [2.24, 2.45) is 5.84 Å². The lowest BCUT2D eigenvalue weighted by molar-refractivity contribution is -0.0501. The monoisotopic (exact) mass is 264 g/mol. The molecule has 0 aromatic rings. The van der Waals surface area contributed by atoms with Crippen molar-refractivity contribution in [2.45, 2.75) is 31.9 Å². The van der Waals surface area contributed by atoms with Gasteiger partial charge in [-0.1, -0.05) is 0 Å². The van der Waals surface area contributed by atoms with E-state index in [0.717, 1.165) is 0 Å². The number of amides is 1. The lowest BCUT2D eigenvalue weighted by Gasteiger charge is -2.24. The van der Waals surface area contributed by atoms with Gasteiger partial charge in [0, 0.05) is 0 Å². The van der Waals surface area contributed by atoms with E-state index < -0.39 is 31.6 Å². The average Bonchev–Trinajstić information content (AvgIpc) is 1.97. The molecule has 6 nitrogen and oxygen atoms in total. The van der Waals surface area contributed by atoms with Crippen molar-refractivity contribution >= 4 is 16.1 Å². The standard InChI is InChI=1S/C6H11F3N2O4S/c1-5(2,3)15-4(12)11(10)16(13,14)6(7,8)9/h10H2,1-3H3. The maximum absolute atomic E-state index is 12.0. The fourth-order valence-corrected chi connectivity index (χ4v) is 0.973. The van der Waals surface area contributed by atoms with E-state index in [1.54, 1.807) is 0 Å². The van der Waals surface area contributed by atoms with E-state index in [4.69, 9.17) is 0 Å². The zero-order valence-corrected chi connectivity index (χ0v) is 9.52. The fourth-order valence-electron chi connectivity index (χ4n) is 0.517. The maximum atomic E-state index is 12.0. The summed E-state index contributed by atoms with van der Waals surface area (Å²) in [5.41, 5.74) is -6.81. The zero-order valence-electron chi connectivity index (χ0n) is 8.70. The summed E-state index contributed by atoms with van der Waals surface area (Å²) < 4.78 is 60.6. The molecule has 16 heavy (non-hydrogen) atoms. The number of nitrogens with zero attached hydrogens (tertiary/aromatic N) is 1. The van der Waals surface area contributed by atoms with E-state index in [0.29, 0.717) is 0 Å². The predicted octanol–water partition coefficient (Wildman–Crippen LogP) is 0.947. The van der Waals surface area contributed by atoms with Gasteiger partial charge < -0.3 is 4.74 Å².